The summed E-state index contributed by atoms with van der Waals surface area (Å²) in [5.41, 5.74) is 3.04. The number of methoxy groups -OCH3 is 1. The summed E-state index contributed by atoms with van der Waals surface area (Å²) < 4.78 is 11.1. The molecule has 1 amide bonds. The second-order valence-corrected chi connectivity index (χ2v) is 7.90. The first-order valence-corrected chi connectivity index (χ1v) is 10.2. The van der Waals surface area contributed by atoms with Crippen LogP contribution in [-0.2, 0) is 6.42 Å². The monoisotopic (exact) mass is 395 g/mol. The van der Waals surface area contributed by atoms with Crippen molar-refractivity contribution in [3.63, 3.8) is 0 Å². The first kappa shape index (κ1) is 19.6. The van der Waals surface area contributed by atoms with E-state index in [0.29, 0.717) is 18.7 Å². The third-order valence-electron chi connectivity index (χ3n) is 5.81. The van der Waals surface area contributed by atoms with Gasteiger partial charge >= 0.3 is 0 Å². The highest BCUT2D eigenvalue weighted by molar-refractivity contribution is 5.94. The highest BCUT2D eigenvalue weighted by Gasteiger charge is 2.21. The lowest BCUT2D eigenvalue weighted by Crippen LogP contribution is -2.44. The van der Waals surface area contributed by atoms with Crippen LogP contribution in [0.5, 0.6) is 11.5 Å². The predicted molar refractivity (Wildman–Crippen MR) is 114 cm³/mol. The quantitative estimate of drug-likeness (QED) is 0.843. The van der Waals surface area contributed by atoms with Gasteiger partial charge in [0, 0.05) is 56.0 Å². The van der Waals surface area contributed by atoms with Crippen LogP contribution in [0, 0.1) is 5.92 Å². The fourth-order valence-corrected chi connectivity index (χ4v) is 3.90. The predicted octanol–water partition coefficient (Wildman–Crippen LogP) is 2.43. The van der Waals surface area contributed by atoms with Gasteiger partial charge in [0.15, 0.2) is 0 Å². The largest absolute Gasteiger partial charge is 0.497 e. The Kier molecular flexibility index (Phi) is 5.90. The summed E-state index contributed by atoms with van der Waals surface area (Å²) in [6, 6.07) is 13.8. The number of ether oxygens (including phenoxy) is 2. The van der Waals surface area contributed by atoms with Crippen LogP contribution in [0.3, 0.4) is 0 Å². The van der Waals surface area contributed by atoms with Gasteiger partial charge in [0.05, 0.1) is 13.7 Å². The third kappa shape index (κ3) is 4.65. The van der Waals surface area contributed by atoms with E-state index in [2.05, 4.69) is 22.2 Å². The van der Waals surface area contributed by atoms with Gasteiger partial charge in [-0.3, -0.25) is 4.79 Å². The van der Waals surface area contributed by atoms with Crippen LogP contribution in [-0.4, -0.2) is 64.3 Å². The van der Waals surface area contributed by atoms with E-state index >= 15 is 0 Å². The SMILES string of the molecule is COc1ccc2c(c1)OC[C@H](CNC(=O)c1ccc(N3CCN(C)CC3)cc1)C2. The van der Waals surface area contributed by atoms with Crippen molar-refractivity contribution in [2.45, 2.75) is 6.42 Å². The summed E-state index contributed by atoms with van der Waals surface area (Å²) in [6.45, 7) is 5.39. The average molecular weight is 396 g/mol. The molecule has 0 spiro atoms. The summed E-state index contributed by atoms with van der Waals surface area (Å²) in [7, 11) is 3.80. The molecule has 0 bridgehead atoms. The van der Waals surface area contributed by atoms with Crippen molar-refractivity contribution in [3.05, 3.63) is 53.6 Å². The highest BCUT2D eigenvalue weighted by Crippen LogP contribution is 2.30. The number of rotatable bonds is 5. The van der Waals surface area contributed by atoms with E-state index < -0.39 is 0 Å². The molecule has 2 aliphatic rings. The van der Waals surface area contributed by atoms with Crippen LogP contribution in [0.1, 0.15) is 15.9 Å². The average Bonchev–Trinajstić information content (AvgIpc) is 2.77. The summed E-state index contributed by atoms with van der Waals surface area (Å²) in [5, 5.41) is 3.06. The molecule has 154 valence electrons. The number of nitrogens with zero attached hydrogens (tertiary/aromatic N) is 2. The molecule has 0 aliphatic carbocycles. The molecule has 0 aromatic heterocycles. The molecule has 6 nitrogen and oxygen atoms in total. The highest BCUT2D eigenvalue weighted by atomic mass is 16.5. The molecule has 0 saturated carbocycles. The zero-order chi connectivity index (χ0) is 20.2. The Balaban J connectivity index is 1.29. The molecule has 1 fully saturated rings. The van der Waals surface area contributed by atoms with Crippen molar-refractivity contribution < 1.29 is 14.3 Å². The Labute approximate surface area is 172 Å². The summed E-state index contributed by atoms with van der Waals surface area (Å²) in [5.74, 6) is 1.92. The maximum Gasteiger partial charge on any atom is 0.251 e. The van der Waals surface area contributed by atoms with Crippen LogP contribution < -0.4 is 19.7 Å². The Hall–Kier alpha value is -2.73. The Morgan fingerprint density at radius 2 is 1.90 bits per heavy atom. The van der Waals surface area contributed by atoms with E-state index in [1.54, 1.807) is 7.11 Å². The maximum atomic E-state index is 12.6. The van der Waals surface area contributed by atoms with Gasteiger partial charge in [-0.1, -0.05) is 6.07 Å². The van der Waals surface area contributed by atoms with Crippen molar-refractivity contribution in [1.29, 1.82) is 0 Å². The molecule has 1 N–H and O–H groups in total. The summed E-state index contributed by atoms with van der Waals surface area (Å²) >= 11 is 0. The number of carbonyl (C=O) groups is 1. The number of anilines is 1. The molecule has 2 aliphatic heterocycles. The van der Waals surface area contributed by atoms with Gasteiger partial charge in [-0.15, -0.1) is 0 Å². The molecule has 2 aromatic carbocycles. The van der Waals surface area contributed by atoms with Gasteiger partial charge in [0.1, 0.15) is 11.5 Å². The molecule has 2 heterocycles. The topological polar surface area (TPSA) is 54.0 Å². The fourth-order valence-electron chi connectivity index (χ4n) is 3.90. The van der Waals surface area contributed by atoms with Crippen LogP contribution >= 0.6 is 0 Å². The van der Waals surface area contributed by atoms with E-state index in [0.717, 1.165) is 49.7 Å². The number of hydrogen-bond acceptors (Lipinski definition) is 5. The fraction of sp³-hybridized carbons (Fsp3) is 0.435. The van der Waals surface area contributed by atoms with Crippen molar-refractivity contribution in [2.24, 2.45) is 5.92 Å². The van der Waals surface area contributed by atoms with E-state index in [1.807, 2.05) is 42.5 Å². The normalized spacial score (nSPS) is 19.2. The Morgan fingerprint density at radius 3 is 2.62 bits per heavy atom. The van der Waals surface area contributed by atoms with Crippen molar-refractivity contribution in [1.82, 2.24) is 10.2 Å². The van der Waals surface area contributed by atoms with E-state index in [1.165, 1.54) is 5.69 Å². The second-order valence-electron chi connectivity index (χ2n) is 7.90. The second kappa shape index (κ2) is 8.74. The molecular weight excluding hydrogens is 366 g/mol. The van der Waals surface area contributed by atoms with Crippen molar-refractivity contribution in [2.75, 3.05) is 58.4 Å². The smallest absolute Gasteiger partial charge is 0.251 e. The zero-order valence-corrected chi connectivity index (χ0v) is 17.2. The minimum atomic E-state index is -0.0320. The molecular formula is C23H29N3O3. The molecule has 29 heavy (non-hydrogen) atoms. The van der Waals surface area contributed by atoms with Gasteiger partial charge in [-0.2, -0.15) is 0 Å². The van der Waals surface area contributed by atoms with Crippen molar-refractivity contribution >= 4 is 11.6 Å². The number of hydrogen-bond donors (Lipinski definition) is 1. The van der Waals surface area contributed by atoms with Gasteiger partial charge in [-0.05, 0) is 49.4 Å². The molecule has 0 unspecified atom stereocenters. The molecule has 0 radical (unpaired) electrons. The molecule has 2 aromatic rings. The van der Waals surface area contributed by atoms with E-state index in [4.69, 9.17) is 9.47 Å². The molecule has 1 saturated heterocycles. The first-order valence-electron chi connectivity index (χ1n) is 10.2. The Bertz CT molecular complexity index is 845. The standard InChI is InChI=1S/C23H29N3O3/c1-25-9-11-26(12-10-25)20-6-3-18(4-7-20)23(27)24-15-17-13-19-5-8-21(28-2)14-22(19)29-16-17/h3-8,14,17H,9-13,15-16H2,1-2H3,(H,24,27)/t17-/m0/s1. The summed E-state index contributed by atoms with van der Waals surface area (Å²) in [6.07, 6.45) is 0.891. The Morgan fingerprint density at radius 1 is 1.14 bits per heavy atom. The maximum absolute atomic E-state index is 12.6. The van der Waals surface area contributed by atoms with Crippen LogP contribution in [0.15, 0.2) is 42.5 Å². The van der Waals surface area contributed by atoms with Gasteiger partial charge in [0.25, 0.3) is 5.91 Å². The number of amides is 1. The minimum Gasteiger partial charge on any atom is -0.497 e. The third-order valence-corrected chi connectivity index (χ3v) is 5.81. The van der Waals surface area contributed by atoms with E-state index in [9.17, 15) is 4.79 Å². The molecule has 1 atom stereocenters. The number of likely N-dealkylation sites (N-methyl/N-ethyl adjacent to an activating group) is 1. The number of nitrogens with one attached hydrogen (secondary N) is 1. The first-order chi connectivity index (χ1) is 14.1. The minimum absolute atomic E-state index is 0.0320. The van der Waals surface area contributed by atoms with Gasteiger partial charge < -0.3 is 24.6 Å². The number of carbonyl (C=O) groups excluding carboxylic acids is 1. The number of piperazine rings is 1. The molecule has 6 heteroatoms. The number of benzene rings is 2. The van der Waals surface area contributed by atoms with Crippen LogP contribution in [0.4, 0.5) is 5.69 Å². The van der Waals surface area contributed by atoms with Gasteiger partial charge in [0.2, 0.25) is 0 Å². The lowest BCUT2D eigenvalue weighted by atomic mass is 9.96. The van der Waals surface area contributed by atoms with Gasteiger partial charge in [-0.25, -0.2) is 0 Å². The lowest BCUT2D eigenvalue weighted by molar-refractivity contribution is 0.0939. The van der Waals surface area contributed by atoms with Crippen LogP contribution in [0.2, 0.25) is 0 Å². The lowest BCUT2D eigenvalue weighted by Gasteiger charge is -2.34. The zero-order valence-electron chi connectivity index (χ0n) is 17.2. The van der Waals surface area contributed by atoms with Crippen LogP contribution in [0.25, 0.3) is 0 Å². The molecule has 4 rings (SSSR count). The number of fused-ring (bicyclic) bond motifs is 1. The van der Waals surface area contributed by atoms with E-state index in [-0.39, 0.29) is 11.8 Å². The summed E-state index contributed by atoms with van der Waals surface area (Å²) in [4.78, 5) is 17.3. The van der Waals surface area contributed by atoms with Crippen molar-refractivity contribution in [3.8, 4) is 11.5 Å².